The second-order valence-electron chi connectivity index (χ2n) is 7.04. The Morgan fingerprint density at radius 1 is 1.48 bits per heavy atom. The van der Waals surface area contributed by atoms with Crippen LogP contribution in [0.15, 0.2) is 39.8 Å². The summed E-state index contributed by atoms with van der Waals surface area (Å²) >= 11 is 0. The lowest BCUT2D eigenvalue weighted by atomic mass is 9.91. The third kappa shape index (κ3) is 4.64. The smallest absolute Gasteiger partial charge is 0.138 e. The fourth-order valence-corrected chi connectivity index (χ4v) is 3.42. The van der Waals surface area contributed by atoms with Crippen LogP contribution in [0.2, 0.25) is 0 Å². The number of benzene rings is 1. The summed E-state index contributed by atoms with van der Waals surface area (Å²) in [4.78, 5) is 8.02. The van der Waals surface area contributed by atoms with Crippen molar-refractivity contribution < 1.29 is 4.74 Å². The predicted octanol–water partition coefficient (Wildman–Crippen LogP) is 2.87. The van der Waals surface area contributed by atoms with E-state index in [4.69, 9.17) is 15.9 Å². The van der Waals surface area contributed by atoms with E-state index in [9.17, 15) is 5.26 Å². The monoisotopic (exact) mass is 420 g/mol. The summed E-state index contributed by atoms with van der Waals surface area (Å²) in [6.45, 7) is 9.01. The number of aromatic nitrogens is 2. The Morgan fingerprint density at radius 2 is 2.16 bits per heavy atom. The second kappa shape index (κ2) is 9.71. The van der Waals surface area contributed by atoms with E-state index in [1.165, 1.54) is 0 Å². The number of hydrogen-bond acceptors (Lipinski definition) is 7. The van der Waals surface area contributed by atoms with Crippen molar-refractivity contribution >= 4 is 18.3 Å². The van der Waals surface area contributed by atoms with E-state index in [-0.39, 0.29) is 17.6 Å². The van der Waals surface area contributed by atoms with Crippen molar-refractivity contribution in [2.24, 2.45) is 22.8 Å². The number of hydrogen-bond donors (Lipinski definition) is 3. The van der Waals surface area contributed by atoms with E-state index >= 15 is 0 Å². The highest BCUT2D eigenvalue weighted by atomic mass is 16.5. The van der Waals surface area contributed by atoms with E-state index in [2.05, 4.69) is 33.2 Å². The quantitative estimate of drug-likeness (QED) is 0.445. The summed E-state index contributed by atoms with van der Waals surface area (Å²) in [7, 11) is 4.97. The average Bonchev–Trinajstić information content (AvgIpc) is 3.17. The highest BCUT2D eigenvalue weighted by Gasteiger charge is 2.23. The molecule has 0 saturated carbocycles. The highest BCUT2D eigenvalue weighted by Crippen LogP contribution is 2.40. The van der Waals surface area contributed by atoms with Crippen LogP contribution in [-0.4, -0.2) is 42.2 Å². The molecule has 0 aliphatic heterocycles. The van der Waals surface area contributed by atoms with Gasteiger partial charge in [-0.1, -0.05) is 0 Å². The van der Waals surface area contributed by atoms with Gasteiger partial charge in [0.25, 0.3) is 0 Å². The molecule has 1 atom stereocenters. The van der Waals surface area contributed by atoms with Gasteiger partial charge in [-0.25, -0.2) is 4.99 Å². The zero-order chi connectivity index (χ0) is 23.3. The molecule has 0 spiro atoms. The third-order valence-electron chi connectivity index (χ3n) is 4.97. The Kier molecular flexibility index (Phi) is 7.32. The molecule has 9 heteroatoms. The molecule has 0 fully saturated rings. The largest absolute Gasteiger partial charge is 0.496 e. The maximum absolute atomic E-state index is 9.73. The number of methoxy groups -OCH3 is 1. The molecular weight excluding hydrogens is 392 g/mol. The number of amidine groups is 1. The Balaban J connectivity index is 2.71. The molecule has 2 rings (SSSR count). The first-order chi connectivity index (χ1) is 14.7. The summed E-state index contributed by atoms with van der Waals surface area (Å²) in [5, 5.41) is 25.3. The minimum absolute atomic E-state index is 0.180. The molecule has 1 unspecified atom stereocenters. The van der Waals surface area contributed by atoms with E-state index in [1.807, 2.05) is 27.1 Å². The Hall–Kier alpha value is -3.93. The molecule has 0 saturated heterocycles. The summed E-state index contributed by atoms with van der Waals surface area (Å²) in [6, 6.07) is 3.71. The number of nitrogens with two attached hydrogens (primary N) is 1. The van der Waals surface area contributed by atoms with Gasteiger partial charge in [-0.3, -0.25) is 9.67 Å². The van der Waals surface area contributed by atoms with Crippen molar-refractivity contribution in [1.29, 1.82) is 10.7 Å². The molecule has 31 heavy (non-hydrogen) atoms. The van der Waals surface area contributed by atoms with Crippen LogP contribution in [0.3, 0.4) is 0 Å². The zero-order valence-electron chi connectivity index (χ0n) is 18.7. The number of nitrogens with one attached hydrogen (secondary N) is 2. The number of nitriles is 1. The number of ether oxygens (including phenoxy) is 1. The Bertz CT molecular complexity index is 1120. The van der Waals surface area contributed by atoms with Crippen LogP contribution < -0.4 is 15.8 Å². The van der Waals surface area contributed by atoms with Crippen molar-refractivity contribution in [2.75, 3.05) is 14.2 Å². The van der Waals surface area contributed by atoms with Gasteiger partial charge in [0, 0.05) is 42.7 Å². The molecule has 0 radical (unpaired) electrons. The van der Waals surface area contributed by atoms with E-state index < -0.39 is 0 Å². The Labute approximate surface area is 182 Å². The lowest BCUT2D eigenvalue weighted by molar-refractivity contribution is 0.405. The van der Waals surface area contributed by atoms with Gasteiger partial charge in [0.05, 0.1) is 36.6 Å². The van der Waals surface area contributed by atoms with E-state index in [1.54, 1.807) is 38.0 Å². The van der Waals surface area contributed by atoms with Gasteiger partial charge in [0.2, 0.25) is 0 Å². The van der Waals surface area contributed by atoms with Gasteiger partial charge < -0.3 is 21.2 Å². The van der Waals surface area contributed by atoms with Gasteiger partial charge in [-0.2, -0.15) is 10.4 Å². The normalized spacial score (nSPS) is 13.1. The summed E-state index contributed by atoms with van der Waals surface area (Å²) in [5.74, 6) is 1.13. The molecule has 0 amide bonds. The predicted molar refractivity (Wildman–Crippen MR) is 124 cm³/mol. The van der Waals surface area contributed by atoms with Crippen LogP contribution in [0.25, 0.3) is 11.1 Å². The lowest BCUT2D eigenvalue weighted by Gasteiger charge is -2.23. The molecule has 1 heterocycles. The van der Waals surface area contributed by atoms with Crippen molar-refractivity contribution in [3.05, 3.63) is 46.5 Å². The molecule has 1 aromatic carbocycles. The van der Waals surface area contributed by atoms with Crippen molar-refractivity contribution in [3.63, 3.8) is 0 Å². The topological polar surface area (TPSA) is 137 Å². The van der Waals surface area contributed by atoms with Crippen molar-refractivity contribution in [3.8, 4) is 22.9 Å². The lowest BCUT2D eigenvalue weighted by Crippen LogP contribution is -2.27. The standard InChI is InChI=1S/C22H28N8O/c1-12-15(9-23)8-17(20(31-7)18(12)16-10-28-30(6)11-16)14(3)29-22(27-5)19(13(2)24)21(25)26-4/h8,10-11,14,24,29H,5H2,1-4,6-7H3,(H2,25,26)/b22-19+,24-13?. The van der Waals surface area contributed by atoms with Gasteiger partial charge >= 0.3 is 0 Å². The SMILES string of the molecule is C=N/C(NC(C)c1cc(C#N)c(C)c(-c2cnn(C)c2)c1OC)=C(C(C)=N)\C(N)=N/C. The number of aliphatic imine (C=N–C) groups is 2. The fraction of sp³-hybridized carbons (Fsp3) is 0.318. The molecule has 0 aliphatic rings. The molecule has 9 nitrogen and oxygen atoms in total. The van der Waals surface area contributed by atoms with Crippen LogP contribution >= 0.6 is 0 Å². The first-order valence-electron chi connectivity index (χ1n) is 9.56. The second-order valence-corrected chi connectivity index (χ2v) is 7.04. The molecule has 1 aromatic heterocycles. The zero-order valence-corrected chi connectivity index (χ0v) is 18.7. The summed E-state index contributed by atoms with van der Waals surface area (Å²) in [5.41, 5.74) is 10.3. The van der Waals surface area contributed by atoms with E-state index in [0.29, 0.717) is 22.7 Å². The van der Waals surface area contributed by atoms with Crippen molar-refractivity contribution in [1.82, 2.24) is 15.1 Å². The molecule has 0 bridgehead atoms. The van der Waals surface area contributed by atoms with Gasteiger partial charge in [0.1, 0.15) is 17.4 Å². The van der Waals surface area contributed by atoms with Gasteiger partial charge in [-0.05, 0) is 39.1 Å². The minimum atomic E-state index is -0.349. The molecule has 4 N–H and O–H groups in total. The summed E-state index contributed by atoms with van der Waals surface area (Å²) < 4.78 is 7.49. The molecule has 162 valence electrons. The number of nitrogens with zero attached hydrogens (tertiary/aromatic N) is 5. The van der Waals surface area contributed by atoms with Crippen LogP contribution in [0.1, 0.15) is 36.6 Å². The minimum Gasteiger partial charge on any atom is -0.496 e. The molecule has 2 aromatic rings. The number of aryl methyl sites for hydroxylation is 1. The first-order valence-corrected chi connectivity index (χ1v) is 9.56. The average molecular weight is 421 g/mol. The maximum atomic E-state index is 9.73. The van der Waals surface area contributed by atoms with Gasteiger partial charge in [0.15, 0.2) is 0 Å². The van der Waals surface area contributed by atoms with Crippen LogP contribution in [-0.2, 0) is 7.05 Å². The molecular formula is C22H28N8O. The number of rotatable bonds is 8. The van der Waals surface area contributed by atoms with Gasteiger partial charge in [-0.15, -0.1) is 0 Å². The first kappa shape index (κ1) is 23.3. The fourth-order valence-electron chi connectivity index (χ4n) is 3.42. The third-order valence-corrected chi connectivity index (χ3v) is 4.97. The highest BCUT2D eigenvalue weighted by molar-refractivity contribution is 6.21. The maximum Gasteiger partial charge on any atom is 0.138 e. The molecule has 0 aliphatic carbocycles. The van der Waals surface area contributed by atoms with E-state index in [0.717, 1.165) is 22.3 Å². The van der Waals surface area contributed by atoms with Crippen molar-refractivity contribution in [2.45, 2.75) is 26.8 Å². The Morgan fingerprint density at radius 3 is 2.61 bits per heavy atom. The summed E-state index contributed by atoms with van der Waals surface area (Å²) in [6.07, 6.45) is 3.61. The van der Waals surface area contributed by atoms with Crippen LogP contribution in [0.4, 0.5) is 0 Å². The van der Waals surface area contributed by atoms with Crippen LogP contribution in [0.5, 0.6) is 5.75 Å². The van der Waals surface area contributed by atoms with Crippen LogP contribution in [0, 0.1) is 23.7 Å².